The third-order valence-corrected chi connectivity index (χ3v) is 5.16. The van der Waals surface area contributed by atoms with Crippen molar-refractivity contribution in [2.24, 2.45) is 0 Å². The Morgan fingerprint density at radius 1 is 1.22 bits per heavy atom. The second kappa shape index (κ2) is 6.41. The normalized spacial score (nSPS) is 20.4. The van der Waals surface area contributed by atoms with Crippen LogP contribution in [0.25, 0.3) is 11.4 Å². The summed E-state index contributed by atoms with van der Waals surface area (Å²) >= 11 is 6.01. The number of aliphatic hydroxyl groups is 1. The number of fused-ring (bicyclic) bond motifs is 1. The number of nitriles is 1. The van der Waals surface area contributed by atoms with Crippen LogP contribution in [0, 0.1) is 11.3 Å². The van der Waals surface area contributed by atoms with Gasteiger partial charge in [0.05, 0.1) is 17.7 Å². The number of benzene rings is 2. The Labute approximate surface area is 162 Å². The largest absolute Gasteiger partial charge is 0.485 e. The van der Waals surface area contributed by atoms with E-state index in [-0.39, 0.29) is 0 Å². The fourth-order valence-electron chi connectivity index (χ4n) is 3.50. The molecule has 0 saturated heterocycles. The van der Waals surface area contributed by atoms with Gasteiger partial charge in [0.25, 0.3) is 0 Å². The number of nitrogens with zero attached hydrogens (tertiary/aromatic N) is 3. The molecule has 1 N–H and O–H groups in total. The summed E-state index contributed by atoms with van der Waals surface area (Å²) in [4.78, 5) is 4.49. The van der Waals surface area contributed by atoms with E-state index in [0.29, 0.717) is 22.2 Å². The number of rotatable bonds is 2. The quantitative estimate of drug-likeness (QED) is 0.724. The molecule has 6 heteroatoms. The molecular formula is C21H18ClN3O2. The van der Waals surface area contributed by atoms with Crippen LogP contribution in [-0.2, 0) is 0 Å². The van der Waals surface area contributed by atoms with Crippen molar-refractivity contribution in [1.82, 2.24) is 9.55 Å². The summed E-state index contributed by atoms with van der Waals surface area (Å²) in [7, 11) is 0. The first kappa shape index (κ1) is 17.6. The van der Waals surface area contributed by atoms with Crippen LogP contribution >= 0.6 is 11.6 Å². The molecule has 0 aliphatic carbocycles. The van der Waals surface area contributed by atoms with Gasteiger partial charge >= 0.3 is 0 Å². The first-order chi connectivity index (χ1) is 12.9. The first-order valence-electron chi connectivity index (χ1n) is 8.60. The van der Waals surface area contributed by atoms with E-state index in [1.165, 1.54) is 0 Å². The molecule has 4 rings (SSSR count). The maximum atomic E-state index is 11.1. The Kier molecular flexibility index (Phi) is 4.18. The van der Waals surface area contributed by atoms with E-state index in [4.69, 9.17) is 16.3 Å². The summed E-state index contributed by atoms with van der Waals surface area (Å²) < 4.78 is 7.94. The third-order valence-electron chi connectivity index (χ3n) is 4.91. The highest BCUT2D eigenvalue weighted by Gasteiger charge is 2.44. The Morgan fingerprint density at radius 3 is 2.67 bits per heavy atom. The predicted octanol–water partition coefficient (Wildman–Crippen LogP) is 4.20. The Hall–Kier alpha value is -2.81. The number of aliphatic hydroxyl groups excluding tert-OH is 1. The van der Waals surface area contributed by atoms with Crippen molar-refractivity contribution < 1.29 is 9.84 Å². The molecule has 0 fully saturated rings. The molecule has 5 nitrogen and oxygen atoms in total. The third kappa shape index (κ3) is 2.97. The average molecular weight is 380 g/mol. The molecule has 1 aliphatic heterocycles. The van der Waals surface area contributed by atoms with Crippen molar-refractivity contribution in [2.45, 2.75) is 31.6 Å². The highest BCUT2D eigenvalue weighted by Crippen LogP contribution is 2.43. The van der Waals surface area contributed by atoms with E-state index in [1.54, 1.807) is 24.4 Å². The fourth-order valence-corrected chi connectivity index (χ4v) is 3.62. The molecule has 0 saturated carbocycles. The van der Waals surface area contributed by atoms with Gasteiger partial charge in [0.2, 0.25) is 0 Å². The van der Waals surface area contributed by atoms with Crippen LogP contribution in [0.3, 0.4) is 0 Å². The van der Waals surface area contributed by atoms with Gasteiger partial charge in [-0.05, 0) is 56.3 Å². The Balaban J connectivity index is 1.90. The summed E-state index contributed by atoms with van der Waals surface area (Å²) in [6.07, 6.45) is 2.70. The lowest BCUT2D eigenvalue weighted by atomic mass is 9.85. The highest BCUT2D eigenvalue weighted by molar-refractivity contribution is 6.30. The topological polar surface area (TPSA) is 71.1 Å². The number of ether oxygens (including phenoxy) is 1. The molecule has 2 aromatic carbocycles. The molecule has 2 atom stereocenters. The molecule has 2 heterocycles. The van der Waals surface area contributed by atoms with Crippen molar-refractivity contribution >= 4 is 11.6 Å². The summed E-state index contributed by atoms with van der Waals surface area (Å²) in [5.41, 5.74) is 1.36. The van der Waals surface area contributed by atoms with Crippen molar-refractivity contribution in [2.75, 3.05) is 0 Å². The maximum Gasteiger partial charge on any atom is 0.140 e. The van der Waals surface area contributed by atoms with Gasteiger partial charge in [-0.2, -0.15) is 5.26 Å². The van der Waals surface area contributed by atoms with E-state index < -0.39 is 17.7 Å². The van der Waals surface area contributed by atoms with Gasteiger partial charge in [-0.15, -0.1) is 0 Å². The summed E-state index contributed by atoms with van der Waals surface area (Å²) in [5.74, 6) is 1.37. The van der Waals surface area contributed by atoms with Crippen LogP contribution in [0.5, 0.6) is 5.75 Å². The van der Waals surface area contributed by atoms with Gasteiger partial charge in [-0.3, -0.25) is 0 Å². The SMILES string of the molecule is CC1(C)Oc2ccc(C#N)cc2C(n2ccnc2-c2ccc(Cl)cc2)C1O. The molecule has 1 aromatic heterocycles. The van der Waals surface area contributed by atoms with Gasteiger partial charge in [0, 0.05) is 28.5 Å². The van der Waals surface area contributed by atoms with Gasteiger partial charge < -0.3 is 14.4 Å². The molecule has 2 unspecified atom stereocenters. The first-order valence-corrected chi connectivity index (χ1v) is 8.98. The van der Waals surface area contributed by atoms with Crippen molar-refractivity contribution in [3.05, 3.63) is 71.0 Å². The minimum atomic E-state index is -0.834. The molecule has 0 amide bonds. The predicted molar refractivity (Wildman–Crippen MR) is 103 cm³/mol. The molecule has 136 valence electrons. The van der Waals surface area contributed by atoms with Crippen molar-refractivity contribution in [1.29, 1.82) is 5.26 Å². The number of halogens is 1. The van der Waals surface area contributed by atoms with Gasteiger partial charge in [-0.1, -0.05) is 11.6 Å². The number of imidazole rings is 1. The van der Waals surface area contributed by atoms with Crippen LogP contribution in [0.2, 0.25) is 5.02 Å². The Morgan fingerprint density at radius 2 is 1.96 bits per heavy atom. The zero-order chi connectivity index (χ0) is 19.2. The standard InChI is InChI=1S/C21H18ClN3O2/c1-21(2)19(26)18(16-11-13(12-23)3-8-17(16)27-21)25-10-9-24-20(25)14-4-6-15(22)7-5-14/h3-11,18-19,26H,1-2H3. The maximum absolute atomic E-state index is 11.1. The minimum Gasteiger partial charge on any atom is -0.485 e. The second-order valence-electron chi connectivity index (χ2n) is 7.12. The van der Waals surface area contributed by atoms with Crippen LogP contribution in [0.1, 0.15) is 31.0 Å². The molecule has 0 bridgehead atoms. The summed E-state index contributed by atoms with van der Waals surface area (Å²) in [5, 5.41) is 21.1. The summed E-state index contributed by atoms with van der Waals surface area (Å²) in [6, 6.07) is 14.4. The molecule has 1 aliphatic rings. The van der Waals surface area contributed by atoms with E-state index in [2.05, 4.69) is 11.1 Å². The Bertz CT molecular complexity index is 1030. The minimum absolute atomic E-state index is 0.440. The lowest BCUT2D eigenvalue weighted by Gasteiger charge is -2.43. The van der Waals surface area contributed by atoms with E-state index in [0.717, 1.165) is 11.1 Å². The van der Waals surface area contributed by atoms with E-state index in [1.807, 2.05) is 48.9 Å². The van der Waals surface area contributed by atoms with Crippen molar-refractivity contribution in [3.63, 3.8) is 0 Å². The molecule has 27 heavy (non-hydrogen) atoms. The molecule has 0 spiro atoms. The zero-order valence-electron chi connectivity index (χ0n) is 14.9. The molecule has 0 radical (unpaired) electrons. The highest BCUT2D eigenvalue weighted by atomic mass is 35.5. The molecular weight excluding hydrogens is 362 g/mol. The number of hydrogen-bond acceptors (Lipinski definition) is 4. The van der Waals surface area contributed by atoms with Crippen LogP contribution in [-0.4, -0.2) is 26.4 Å². The molecule has 3 aromatic rings. The lowest BCUT2D eigenvalue weighted by molar-refractivity contribution is -0.0634. The smallest absolute Gasteiger partial charge is 0.140 e. The van der Waals surface area contributed by atoms with Crippen LogP contribution in [0.4, 0.5) is 0 Å². The second-order valence-corrected chi connectivity index (χ2v) is 7.56. The van der Waals surface area contributed by atoms with Gasteiger partial charge in [0.15, 0.2) is 0 Å². The van der Waals surface area contributed by atoms with Crippen molar-refractivity contribution in [3.8, 4) is 23.2 Å². The average Bonchev–Trinajstić information content (AvgIpc) is 3.12. The van der Waals surface area contributed by atoms with Crippen LogP contribution in [0.15, 0.2) is 54.9 Å². The van der Waals surface area contributed by atoms with Gasteiger partial charge in [-0.25, -0.2) is 4.98 Å². The van der Waals surface area contributed by atoms with E-state index in [9.17, 15) is 10.4 Å². The zero-order valence-corrected chi connectivity index (χ0v) is 15.7. The fraction of sp³-hybridized carbons (Fsp3) is 0.238. The summed E-state index contributed by atoms with van der Waals surface area (Å²) in [6.45, 7) is 3.70. The van der Waals surface area contributed by atoms with Crippen LogP contribution < -0.4 is 4.74 Å². The van der Waals surface area contributed by atoms with Gasteiger partial charge in [0.1, 0.15) is 23.3 Å². The van der Waals surface area contributed by atoms with E-state index >= 15 is 0 Å². The number of aromatic nitrogens is 2. The monoisotopic (exact) mass is 379 g/mol. The number of hydrogen-bond donors (Lipinski definition) is 1. The lowest BCUT2D eigenvalue weighted by Crippen LogP contribution is -2.50.